The van der Waals surface area contributed by atoms with Crippen LogP contribution in [0.2, 0.25) is 0 Å². The number of halogens is 1. The van der Waals surface area contributed by atoms with Gasteiger partial charge in [-0.2, -0.15) is 4.98 Å². The average molecular weight is 246 g/mol. The molecule has 2 aromatic heterocycles. The van der Waals surface area contributed by atoms with Gasteiger partial charge in [-0.3, -0.25) is 0 Å². The molecule has 0 amide bonds. The fourth-order valence-corrected chi connectivity index (χ4v) is 2.51. The SMILES string of the molecule is O=c1nc2sccc2c(-c2ccccc2F)[nH]1. The Balaban J connectivity index is 2.41. The van der Waals surface area contributed by atoms with Crippen LogP contribution in [0.3, 0.4) is 0 Å². The molecule has 0 radical (unpaired) electrons. The minimum Gasteiger partial charge on any atom is -0.305 e. The number of benzene rings is 1. The van der Waals surface area contributed by atoms with Crippen LogP contribution in [0.5, 0.6) is 0 Å². The maximum Gasteiger partial charge on any atom is 0.346 e. The number of aromatic nitrogens is 2. The van der Waals surface area contributed by atoms with Gasteiger partial charge >= 0.3 is 5.69 Å². The van der Waals surface area contributed by atoms with Gasteiger partial charge in [-0.25, -0.2) is 9.18 Å². The van der Waals surface area contributed by atoms with Crippen molar-refractivity contribution in [2.45, 2.75) is 0 Å². The molecule has 2 heterocycles. The van der Waals surface area contributed by atoms with Crippen molar-refractivity contribution in [2.75, 3.05) is 0 Å². The van der Waals surface area contributed by atoms with Crippen LogP contribution in [0.4, 0.5) is 4.39 Å². The molecule has 17 heavy (non-hydrogen) atoms. The zero-order valence-electron chi connectivity index (χ0n) is 8.61. The molecule has 0 aliphatic carbocycles. The number of hydrogen-bond acceptors (Lipinski definition) is 3. The van der Waals surface area contributed by atoms with Crippen molar-refractivity contribution in [2.24, 2.45) is 0 Å². The molecule has 5 heteroatoms. The van der Waals surface area contributed by atoms with Crippen LogP contribution in [0.25, 0.3) is 21.5 Å². The van der Waals surface area contributed by atoms with Gasteiger partial charge in [0.2, 0.25) is 0 Å². The Morgan fingerprint density at radius 2 is 2.06 bits per heavy atom. The molecule has 0 bridgehead atoms. The first-order chi connectivity index (χ1) is 8.25. The van der Waals surface area contributed by atoms with Crippen LogP contribution in [0, 0.1) is 5.82 Å². The maximum atomic E-state index is 13.7. The van der Waals surface area contributed by atoms with E-state index in [0.717, 1.165) is 5.39 Å². The second kappa shape index (κ2) is 3.78. The molecule has 0 unspecified atom stereocenters. The number of H-pyrrole nitrogens is 1. The minimum absolute atomic E-state index is 0.359. The van der Waals surface area contributed by atoms with Gasteiger partial charge in [0.25, 0.3) is 0 Å². The lowest BCUT2D eigenvalue weighted by atomic mass is 10.1. The number of rotatable bonds is 1. The van der Waals surface area contributed by atoms with E-state index in [4.69, 9.17) is 0 Å². The predicted octanol–water partition coefficient (Wildman–Crippen LogP) is 2.79. The Labute approximate surface area is 99.6 Å². The van der Waals surface area contributed by atoms with Crippen molar-refractivity contribution in [1.29, 1.82) is 0 Å². The van der Waals surface area contributed by atoms with E-state index in [1.807, 2.05) is 11.4 Å². The van der Waals surface area contributed by atoms with E-state index in [9.17, 15) is 9.18 Å². The van der Waals surface area contributed by atoms with Gasteiger partial charge in [-0.1, -0.05) is 12.1 Å². The topological polar surface area (TPSA) is 45.8 Å². The van der Waals surface area contributed by atoms with Crippen LogP contribution in [0.15, 0.2) is 40.5 Å². The number of aromatic amines is 1. The molecule has 0 atom stereocenters. The molecular weight excluding hydrogens is 239 g/mol. The summed E-state index contributed by atoms with van der Waals surface area (Å²) < 4.78 is 13.7. The van der Waals surface area contributed by atoms with E-state index >= 15 is 0 Å². The van der Waals surface area contributed by atoms with Crippen LogP contribution < -0.4 is 5.69 Å². The van der Waals surface area contributed by atoms with Gasteiger partial charge in [0.1, 0.15) is 10.6 Å². The lowest BCUT2D eigenvalue weighted by Crippen LogP contribution is -2.10. The molecule has 84 valence electrons. The molecule has 1 N–H and O–H groups in total. The van der Waals surface area contributed by atoms with Crippen molar-refractivity contribution in [3.63, 3.8) is 0 Å². The summed E-state index contributed by atoms with van der Waals surface area (Å²) in [6.07, 6.45) is 0. The Morgan fingerprint density at radius 1 is 1.24 bits per heavy atom. The molecule has 1 aromatic carbocycles. The second-order valence-electron chi connectivity index (χ2n) is 3.54. The fourth-order valence-electron chi connectivity index (χ4n) is 1.75. The summed E-state index contributed by atoms with van der Waals surface area (Å²) >= 11 is 1.36. The van der Waals surface area contributed by atoms with E-state index in [-0.39, 0.29) is 5.82 Å². The third-order valence-corrected chi connectivity index (χ3v) is 3.30. The molecule has 0 aliphatic rings. The summed E-state index contributed by atoms with van der Waals surface area (Å²) in [6, 6.07) is 8.17. The van der Waals surface area contributed by atoms with Crippen molar-refractivity contribution >= 4 is 21.6 Å². The summed E-state index contributed by atoms with van der Waals surface area (Å²) in [7, 11) is 0. The number of nitrogens with one attached hydrogen (secondary N) is 1. The van der Waals surface area contributed by atoms with E-state index < -0.39 is 5.69 Å². The molecule has 0 saturated carbocycles. The summed E-state index contributed by atoms with van der Waals surface area (Å²) in [5, 5.41) is 2.59. The smallest absolute Gasteiger partial charge is 0.305 e. The first kappa shape index (κ1) is 10.2. The van der Waals surface area contributed by atoms with E-state index in [2.05, 4.69) is 9.97 Å². The Hall–Kier alpha value is -2.01. The van der Waals surface area contributed by atoms with Gasteiger partial charge in [0.05, 0.1) is 5.69 Å². The molecule has 3 nitrogen and oxygen atoms in total. The maximum absolute atomic E-state index is 13.7. The monoisotopic (exact) mass is 246 g/mol. The Kier molecular flexibility index (Phi) is 2.26. The number of hydrogen-bond donors (Lipinski definition) is 1. The van der Waals surface area contributed by atoms with E-state index in [0.29, 0.717) is 16.1 Å². The summed E-state index contributed by atoms with van der Waals surface area (Å²) in [5.74, 6) is -0.359. The third-order valence-electron chi connectivity index (χ3n) is 2.49. The Bertz CT molecular complexity index is 747. The predicted molar refractivity (Wildman–Crippen MR) is 65.6 cm³/mol. The molecule has 0 saturated heterocycles. The van der Waals surface area contributed by atoms with Crippen molar-refractivity contribution < 1.29 is 4.39 Å². The first-order valence-electron chi connectivity index (χ1n) is 4.98. The highest BCUT2D eigenvalue weighted by Gasteiger charge is 2.11. The van der Waals surface area contributed by atoms with Gasteiger partial charge in [-0.05, 0) is 23.6 Å². The highest BCUT2D eigenvalue weighted by molar-refractivity contribution is 7.16. The van der Waals surface area contributed by atoms with Crippen molar-refractivity contribution in [3.05, 3.63) is 52.0 Å². The van der Waals surface area contributed by atoms with Crippen LogP contribution >= 0.6 is 11.3 Å². The quantitative estimate of drug-likeness (QED) is 0.717. The van der Waals surface area contributed by atoms with Crippen molar-refractivity contribution in [3.8, 4) is 11.3 Å². The second-order valence-corrected chi connectivity index (χ2v) is 4.43. The highest BCUT2D eigenvalue weighted by Crippen LogP contribution is 2.28. The first-order valence-corrected chi connectivity index (χ1v) is 5.86. The van der Waals surface area contributed by atoms with Gasteiger partial charge < -0.3 is 4.98 Å². The number of thiophene rings is 1. The number of fused-ring (bicyclic) bond motifs is 1. The molecule has 0 aliphatic heterocycles. The zero-order chi connectivity index (χ0) is 11.8. The van der Waals surface area contributed by atoms with Gasteiger partial charge in [0.15, 0.2) is 0 Å². The zero-order valence-corrected chi connectivity index (χ0v) is 9.42. The van der Waals surface area contributed by atoms with Gasteiger partial charge in [-0.15, -0.1) is 11.3 Å². The lowest BCUT2D eigenvalue weighted by Gasteiger charge is -2.03. The normalized spacial score (nSPS) is 10.9. The van der Waals surface area contributed by atoms with Crippen LogP contribution in [0.1, 0.15) is 0 Å². The van der Waals surface area contributed by atoms with E-state index in [1.54, 1.807) is 18.2 Å². The molecule has 0 fully saturated rings. The molecular formula is C12H7FN2OS. The summed E-state index contributed by atoms with van der Waals surface area (Å²) in [5.41, 5.74) is 0.410. The summed E-state index contributed by atoms with van der Waals surface area (Å²) in [4.78, 5) is 18.5. The van der Waals surface area contributed by atoms with E-state index in [1.165, 1.54) is 17.4 Å². The third kappa shape index (κ3) is 1.64. The molecule has 3 aromatic rings. The Morgan fingerprint density at radius 3 is 2.88 bits per heavy atom. The van der Waals surface area contributed by atoms with Crippen LogP contribution in [-0.2, 0) is 0 Å². The molecule has 0 spiro atoms. The number of nitrogens with zero attached hydrogens (tertiary/aromatic N) is 1. The van der Waals surface area contributed by atoms with Crippen LogP contribution in [-0.4, -0.2) is 9.97 Å². The molecule has 3 rings (SSSR count). The van der Waals surface area contributed by atoms with Gasteiger partial charge in [0, 0.05) is 10.9 Å². The fraction of sp³-hybridized carbons (Fsp3) is 0. The average Bonchev–Trinajstić information content (AvgIpc) is 2.76. The summed E-state index contributed by atoms with van der Waals surface area (Å²) in [6.45, 7) is 0. The largest absolute Gasteiger partial charge is 0.346 e. The highest BCUT2D eigenvalue weighted by atomic mass is 32.1. The standard InChI is InChI=1S/C12H7FN2OS/c13-9-4-2-1-3-7(9)10-8-5-6-17-11(8)15-12(16)14-10/h1-6H,(H,14,15,16). The lowest BCUT2D eigenvalue weighted by molar-refractivity contribution is 0.631. The minimum atomic E-state index is -0.460. The van der Waals surface area contributed by atoms with Crippen molar-refractivity contribution in [1.82, 2.24) is 9.97 Å².